The van der Waals surface area contributed by atoms with Crippen molar-refractivity contribution in [3.05, 3.63) is 11.8 Å². The maximum Gasteiger partial charge on any atom is 0.0256 e. The van der Waals surface area contributed by atoms with E-state index >= 15 is 0 Å². The van der Waals surface area contributed by atoms with Gasteiger partial charge in [0.15, 0.2) is 0 Å². The van der Waals surface area contributed by atoms with Crippen molar-refractivity contribution in [1.82, 2.24) is 0 Å². The quantitative estimate of drug-likeness (QED) is 0.417. The highest BCUT2D eigenvalue weighted by molar-refractivity contribution is 5.64. The molecule has 0 aromatic rings. The van der Waals surface area contributed by atoms with Gasteiger partial charge in [0.1, 0.15) is 0 Å². The molecule has 0 amide bonds. The van der Waals surface area contributed by atoms with Crippen LogP contribution >= 0.6 is 0 Å². The van der Waals surface area contributed by atoms with Crippen LogP contribution in [0.4, 0.5) is 0 Å². The third kappa shape index (κ3) is 0.482. The molecule has 6 heavy (non-hydrogen) atoms. The fourth-order valence-corrected chi connectivity index (χ4v) is 0.429. The van der Waals surface area contributed by atoms with E-state index in [4.69, 9.17) is 0 Å². The summed E-state index contributed by atoms with van der Waals surface area (Å²) >= 11 is 0. The topological polar surface area (TPSA) is 12.4 Å². The van der Waals surface area contributed by atoms with Crippen LogP contribution in [0.5, 0.6) is 0 Å². The molecule has 1 nitrogen and oxygen atoms in total. The largest absolute Gasteiger partial charge is 0.269 e. The van der Waals surface area contributed by atoms with Gasteiger partial charge in [0.05, 0.1) is 0 Å². The zero-order chi connectivity index (χ0) is 4.41. The molecule has 1 rings (SSSR count). The highest BCUT2D eigenvalue weighted by atomic mass is 14.7. The SMILES string of the molecule is CC1=CN=CC1. The van der Waals surface area contributed by atoms with E-state index in [2.05, 4.69) is 11.9 Å². The molecule has 0 saturated carbocycles. The molecule has 0 radical (unpaired) electrons. The van der Waals surface area contributed by atoms with E-state index in [1.165, 1.54) is 5.57 Å². The lowest BCUT2D eigenvalue weighted by Crippen LogP contribution is -1.64. The average Bonchev–Trinajstić information content (AvgIpc) is 1.86. The lowest BCUT2D eigenvalue weighted by atomic mass is 10.3. The fourth-order valence-electron chi connectivity index (χ4n) is 0.429. The maximum atomic E-state index is 3.88. The molecule has 0 N–H and O–H groups in total. The van der Waals surface area contributed by atoms with Crippen LogP contribution < -0.4 is 0 Å². The summed E-state index contributed by atoms with van der Waals surface area (Å²) in [5, 5.41) is 0. The molecular weight excluding hydrogens is 74.1 g/mol. The Morgan fingerprint density at radius 2 is 2.67 bits per heavy atom. The molecule has 1 heteroatoms. The molecule has 1 aliphatic heterocycles. The fraction of sp³-hybridized carbons (Fsp3) is 0.400. The standard InChI is InChI=1S/C5H7N/c1-5-2-3-6-4-5/h3-4H,2H2,1H3. The summed E-state index contributed by atoms with van der Waals surface area (Å²) in [6, 6.07) is 0. The first-order valence-corrected chi connectivity index (χ1v) is 2.07. The highest BCUT2D eigenvalue weighted by Crippen LogP contribution is 2.01. The smallest absolute Gasteiger partial charge is 0.0256 e. The van der Waals surface area contributed by atoms with Crippen LogP contribution in [0.15, 0.2) is 16.8 Å². The van der Waals surface area contributed by atoms with Gasteiger partial charge in [-0.2, -0.15) is 0 Å². The molecule has 0 saturated heterocycles. The number of hydrogen-bond donors (Lipinski definition) is 0. The zero-order valence-electron chi connectivity index (χ0n) is 3.81. The van der Waals surface area contributed by atoms with Crippen molar-refractivity contribution >= 4 is 6.21 Å². The van der Waals surface area contributed by atoms with E-state index in [9.17, 15) is 0 Å². The van der Waals surface area contributed by atoms with Gasteiger partial charge >= 0.3 is 0 Å². The molecule has 0 fully saturated rings. The number of aliphatic imine (C=N–C) groups is 1. The van der Waals surface area contributed by atoms with Crippen molar-refractivity contribution in [2.45, 2.75) is 13.3 Å². The first-order valence-electron chi connectivity index (χ1n) is 2.07. The second-order valence-corrected chi connectivity index (χ2v) is 1.51. The van der Waals surface area contributed by atoms with Crippen LogP contribution in [0.3, 0.4) is 0 Å². The molecule has 0 aromatic carbocycles. The maximum absolute atomic E-state index is 3.88. The second-order valence-electron chi connectivity index (χ2n) is 1.51. The molecular formula is C5H7N. The lowest BCUT2D eigenvalue weighted by molar-refractivity contribution is 1.32. The van der Waals surface area contributed by atoms with Crippen LogP contribution in [0.1, 0.15) is 13.3 Å². The van der Waals surface area contributed by atoms with Crippen LogP contribution in [-0.4, -0.2) is 6.21 Å². The van der Waals surface area contributed by atoms with Gasteiger partial charge in [0.2, 0.25) is 0 Å². The summed E-state index contributed by atoms with van der Waals surface area (Å²) in [4.78, 5) is 3.88. The van der Waals surface area contributed by atoms with Crippen LogP contribution in [0.2, 0.25) is 0 Å². The molecule has 0 aromatic heterocycles. The monoisotopic (exact) mass is 81.1 g/mol. The predicted molar refractivity (Wildman–Crippen MR) is 26.9 cm³/mol. The highest BCUT2D eigenvalue weighted by Gasteiger charge is 1.87. The molecule has 0 bridgehead atoms. The summed E-state index contributed by atoms with van der Waals surface area (Å²) in [6.07, 6.45) is 4.86. The van der Waals surface area contributed by atoms with Crippen molar-refractivity contribution in [2.75, 3.05) is 0 Å². The van der Waals surface area contributed by atoms with Gasteiger partial charge < -0.3 is 0 Å². The number of hydrogen-bond acceptors (Lipinski definition) is 1. The Labute approximate surface area is 37.4 Å². The van der Waals surface area contributed by atoms with Crippen molar-refractivity contribution in [3.63, 3.8) is 0 Å². The minimum absolute atomic E-state index is 1.06. The van der Waals surface area contributed by atoms with E-state index in [-0.39, 0.29) is 0 Å². The molecule has 0 unspecified atom stereocenters. The molecule has 0 atom stereocenters. The third-order valence-corrected chi connectivity index (χ3v) is 0.814. The van der Waals surface area contributed by atoms with E-state index in [1.807, 2.05) is 12.4 Å². The van der Waals surface area contributed by atoms with Gasteiger partial charge in [0, 0.05) is 18.8 Å². The van der Waals surface area contributed by atoms with Gasteiger partial charge in [-0.3, -0.25) is 4.99 Å². The van der Waals surface area contributed by atoms with E-state index in [0.29, 0.717) is 0 Å². The summed E-state index contributed by atoms with van der Waals surface area (Å²) in [5.41, 5.74) is 1.36. The Bertz CT molecular complexity index is 101. The van der Waals surface area contributed by atoms with Crippen LogP contribution in [0, 0.1) is 0 Å². The van der Waals surface area contributed by atoms with Crippen molar-refractivity contribution < 1.29 is 0 Å². The number of rotatable bonds is 0. The zero-order valence-corrected chi connectivity index (χ0v) is 3.81. The lowest BCUT2D eigenvalue weighted by Gasteiger charge is -1.76. The van der Waals surface area contributed by atoms with Crippen LogP contribution in [0.25, 0.3) is 0 Å². The van der Waals surface area contributed by atoms with Crippen molar-refractivity contribution in [1.29, 1.82) is 0 Å². The second kappa shape index (κ2) is 1.25. The summed E-state index contributed by atoms with van der Waals surface area (Å²) in [6.45, 7) is 2.08. The minimum Gasteiger partial charge on any atom is -0.269 e. The third-order valence-electron chi connectivity index (χ3n) is 0.814. The van der Waals surface area contributed by atoms with Gasteiger partial charge in [-0.15, -0.1) is 0 Å². The minimum atomic E-state index is 1.06. The molecule has 1 heterocycles. The summed E-state index contributed by atoms with van der Waals surface area (Å²) in [5.74, 6) is 0. The Morgan fingerprint density at radius 1 is 1.83 bits per heavy atom. The van der Waals surface area contributed by atoms with Crippen molar-refractivity contribution in [3.8, 4) is 0 Å². The predicted octanol–water partition coefficient (Wildman–Crippen LogP) is 1.36. The molecule has 0 aliphatic carbocycles. The Hall–Kier alpha value is -0.590. The normalized spacial score (nSPS) is 18.5. The first-order chi connectivity index (χ1) is 2.89. The molecule has 0 spiro atoms. The van der Waals surface area contributed by atoms with E-state index < -0.39 is 0 Å². The molecule has 1 aliphatic rings. The Balaban J connectivity index is 2.61. The van der Waals surface area contributed by atoms with Crippen LogP contribution in [-0.2, 0) is 0 Å². The number of nitrogens with zero attached hydrogens (tertiary/aromatic N) is 1. The summed E-state index contributed by atoms with van der Waals surface area (Å²) < 4.78 is 0. The number of allylic oxidation sites excluding steroid dienone is 1. The first kappa shape index (κ1) is 3.59. The Kier molecular flexibility index (Phi) is 0.748. The van der Waals surface area contributed by atoms with Gasteiger partial charge in [-0.25, -0.2) is 0 Å². The van der Waals surface area contributed by atoms with Gasteiger partial charge in [-0.05, 0) is 12.5 Å². The Morgan fingerprint density at radius 3 is 2.83 bits per heavy atom. The van der Waals surface area contributed by atoms with Gasteiger partial charge in [0.25, 0.3) is 0 Å². The van der Waals surface area contributed by atoms with Crippen molar-refractivity contribution in [2.24, 2.45) is 4.99 Å². The van der Waals surface area contributed by atoms with Gasteiger partial charge in [-0.1, -0.05) is 0 Å². The van der Waals surface area contributed by atoms with E-state index in [1.54, 1.807) is 0 Å². The molecule has 32 valence electrons. The summed E-state index contributed by atoms with van der Waals surface area (Å²) in [7, 11) is 0. The average molecular weight is 81.1 g/mol. The van der Waals surface area contributed by atoms with E-state index in [0.717, 1.165) is 6.42 Å².